The smallest absolute Gasteiger partial charge is 0.421 e. The van der Waals surface area contributed by atoms with Crippen molar-refractivity contribution < 1.29 is 14.5 Å². The van der Waals surface area contributed by atoms with Crippen LogP contribution in [0.4, 0.5) is 0 Å². The van der Waals surface area contributed by atoms with E-state index >= 15 is 0 Å². The Balaban J connectivity index is 2.67. The van der Waals surface area contributed by atoms with Crippen LogP contribution >= 0.6 is 0 Å². The molecule has 1 unspecified atom stereocenters. The van der Waals surface area contributed by atoms with Crippen molar-refractivity contribution in [1.29, 1.82) is 0 Å². The highest BCUT2D eigenvalue weighted by molar-refractivity contribution is 5.55. The zero-order chi connectivity index (χ0) is 9.68. The van der Waals surface area contributed by atoms with E-state index in [1.54, 1.807) is 18.2 Å². The van der Waals surface area contributed by atoms with Gasteiger partial charge in [-0.3, -0.25) is 14.9 Å². The van der Waals surface area contributed by atoms with Crippen LogP contribution in [0.5, 0.6) is 5.75 Å². The van der Waals surface area contributed by atoms with Crippen LogP contribution in [0.15, 0.2) is 30.3 Å². The molecule has 0 aliphatic carbocycles. The molecule has 0 fully saturated rings. The molecule has 0 aliphatic rings. The van der Waals surface area contributed by atoms with Crippen LogP contribution in [0.25, 0.3) is 0 Å². The first-order valence-electron chi connectivity index (χ1n) is 3.47. The van der Waals surface area contributed by atoms with Gasteiger partial charge >= 0.3 is 12.5 Å². The molecule has 5 heteroatoms. The fraction of sp³-hybridized carbons (Fsp3) is 0.125. The Hall–Kier alpha value is -1.91. The van der Waals surface area contributed by atoms with Crippen molar-refractivity contribution in [3.63, 3.8) is 0 Å². The van der Waals surface area contributed by atoms with Crippen LogP contribution in [0.1, 0.15) is 0 Å². The van der Waals surface area contributed by atoms with E-state index in [0.717, 1.165) is 0 Å². The fourth-order valence-corrected chi connectivity index (χ4v) is 0.738. The lowest BCUT2D eigenvalue weighted by Gasteiger charge is -2.04. The predicted octanol–water partition coefficient (Wildman–Crippen LogP) is 0.778. The summed E-state index contributed by atoms with van der Waals surface area (Å²) in [4.78, 5) is 19.4. The van der Waals surface area contributed by atoms with Crippen LogP contribution in [0.3, 0.4) is 0 Å². The van der Waals surface area contributed by atoms with E-state index in [4.69, 9.17) is 4.74 Å². The Bertz CT molecular complexity index is 298. The molecule has 0 saturated carbocycles. The Morgan fingerprint density at radius 2 is 2.00 bits per heavy atom. The van der Waals surface area contributed by atoms with E-state index in [0.29, 0.717) is 0 Å². The van der Waals surface area contributed by atoms with E-state index in [2.05, 4.69) is 0 Å². The van der Waals surface area contributed by atoms with Crippen LogP contribution in [-0.2, 0) is 4.79 Å². The third kappa shape index (κ3) is 2.55. The number of rotatable bonds is 4. The van der Waals surface area contributed by atoms with E-state index in [1.807, 2.05) is 0 Å². The lowest BCUT2D eigenvalue weighted by atomic mass is 10.3. The summed E-state index contributed by atoms with van der Waals surface area (Å²) in [5, 5.41) is 10.2. The van der Waals surface area contributed by atoms with Crippen molar-refractivity contribution >= 4 is 6.29 Å². The number of para-hydroxylation sites is 1. The summed E-state index contributed by atoms with van der Waals surface area (Å²) in [6.07, 6.45) is -0.569. The molecule has 1 aromatic rings. The molecule has 0 amide bonds. The van der Waals surface area contributed by atoms with Gasteiger partial charge in [0, 0.05) is 0 Å². The topological polar surface area (TPSA) is 69.4 Å². The van der Waals surface area contributed by atoms with Gasteiger partial charge in [-0.15, -0.1) is 0 Å². The lowest BCUT2D eigenvalue weighted by Crippen LogP contribution is -2.27. The Morgan fingerprint density at radius 3 is 2.46 bits per heavy atom. The number of nitrogens with zero attached hydrogens (tertiary/aromatic N) is 1. The average Bonchev–Trinajstić information content (AvgIpc) is 2.15. The Morgan fingerprint density at radius 1 is 1.38 bits per heavy atom. The van der Waals surface area contributed by atoms with E-state index in [9.17, 15) is 14.9 Å². The number of carbonyl (C=O) groups excluding carboxylic acids is 1. The first kappa shape index (κ1) is 9.18. The lowest BCUT2D eigenvalue weighted by molar-refractivity contribution is -0.540. The quantitative estimate of drug-likeness (QED) is 0.390. The van der Waals surface area contributed by atoms with Gasteiger partial charge in [-0.25, -0.2) is 0 Å². The van der Waals surface area contributed by atoms with Gasteiger partial charge in [0.05, 0.1) is 4.92 Å². The minimum absolute atomic E-state index is 0.271. The van der Waals surface area contributed by atoms with Crippen LogP contribution in [0, 0.1) is 10.1 Å². The molecule has 0 bridgehead atoms. The van der Waals surface area contributed by atoms with Crippen molar-refractivity contribution in [3.05, 3.63) is 40.4 Å². The minimum Gasteiger partial charge on any atom is -0.424 e. The van der Waals surface area contributed by atoms with Gasteiger partial charge in [0.25, 0.3) is 0 Å². The Labute approximate surface area is 74.1 Å². The van der Waals surface area contributed by atoms with Gasteiger partial charge in [-0.05, 0) is 12.1 Å². The number of hydrogen-bond acceptors (Lipinski definition) is 4. The monoisotopic (exact) mass is 180 g/mol. The third-order valence-corrected chi connectivity index (χ3v) is 1.28. The summed E-state index contributed by atoms with van der Waals surface area (Å²) in [6.45, 7) is 0. The number of hydrogen-bond donors (Lipinski definition) is 0. The van der Waals surface area contributed by atoms with E-state index in [1.165, 1.54) is 18.4 Å². The molecule has 0 heterocycles. The highest BCUT2D eigenvalue weighted by Gasteiger charge is 2.21. The molecule has 13 heavy (non-hydrogen) atoms. The largest absolute Gasteiger partial charge is 0.424 e. The predicted molar refractivity (Wildman–Crippen MR) is 43.5 cm³/mol. The second-order valence-corrected chi connectivity index (χ2v) is 2.19. The third-order valence-electron chi connectivity index (χ3n) is 1.28. The molecular formula is C8H6NO4. The normalized spacial score (nSPS) is 11.7. The molecule has 1 aromatic carbocycles. The molecule has 0 aromatic heterocycles. The van der Waals surface area contributed by atoms with Crippen LogP contribution < -0.4 is 4.74 Å². The van der Waals surface area contributed by atoms with Gasteiger partial charge in [0.2, 0.25) is 0 Å². The number of benzene rings is 1. The van der Waals surface area contributed by atoms with Gasteiger partial charge in [0.15, 0.2) is 0 Å². The van der Waals surface area contributed by atoms with Crippen molar-refractivity contribution in [1.82, 2.24) is 0 Å². The van der Waals surface area contributed by atoms with Gasteiger partial charge in [-0.1, -0.05) is 18.2 Å². The SMILES string of the molecule is O=[C]C(Oc1ccccc1)[N+](=O)[O-]. The maximum Gasteiger partial charge on any atom is 0.421 e. The zero-order valence-corrected chi connectivity index (χ0v) is 6.54. The molecule has 1 rings (SSSR count). The standard InChI is InChI=1S/C8H6NO4/c10-6-8(9(11)12)13-7-4-2-1-3-5-7/h1-5,8H. The Kier molecular flexibility index (Phi) is 2.97. The van der Waals surface area contributed by atoms with Crippen molar-refractivity contribution in [3.8, 4) is 5.75 Å². The van der Waals surface area contributed by atoms with Crippen molar-refractivity contribution in [2.75, 3.05) is 0 Å². The van der Waals surface area contributed by atoms with Crippen molar-refractivity contribution in [2.45, 2.75) is 6.23 Å². The maximum atomic E-state index is 10.2. The number of nitro groups is 1. The van der Waals surface area contributed by atoms with Crippen molar-refractivity contribution in [2.24, 2.45) is 0 Å². The molecule has 0 spiro atoms. The molecule has 1 atom stereocenters. The molecule has 67 valence electrons. The first-order valence-corrected chi connectivity index (χ1v) is 3.47. The van der Waals surface area contributed by atoms with Gasteiger partial charge < -0.3 is 4.74 Å². The maximum absolute atomic E-state index is 10.2. The number of ether oxygens (including phenoxy) is 1. The van der Waals surface area contributed by atoms with E-state index < -0.39 is 11.2 Å². The van der Waals surface area contributed by atoms with Gasteiger partial charge in [-0.2, -0.15) is 0 Å². The second-order valence-electron chi connectivity index (χ2n) is 2.19. The minimum atomic E-state index is -1.75. The van der Waals surface area contributed by atoms with Crippen LogP contribution in [-0.4, -0.2) is 17.4 Å². The highest BCUT2D eigenvalue weighted by Crippen LogP contribution is 2.10. The summed E-state index contributed by atoms with van der Waals surface area (Å²) >= 11 is 0. The zero-order valence-electron chi connectivity index (χ0n) is 6.54. The first-order chi connectivity index (χ1) is 6.24. The highest BCUT2D eigenvalue weighted by atomic mass is 16.7. The summed E-state index contributed by atoms with van der Waals surface area (Å²) in [7, 11) is 0. The summed E-state index contributed by atoms with van der Waals surface area (Å²) in [5.74, 6) is 0.271. The van der Waals surface area contributed by atoms with E-state index in [-0.39, 0.29) is 5.75 Å². The molecule has 0 N–H and O–H groups in total. The summed E-state index contributed by atoms with van der Waals surface area (Å²) in [6, 6.07) is 8.08. The molecule has 5 nitrogen and oxygen atoms in total. The molecule has 1 radical (unpaired) electrons. The van der Waals surface area contributed by atoms with Crippen LogP contribution in [0.2, 0.25) is 0 Å². The summed E-state index contributed by atoms with van der Waals surface area (Å²) < 4.78 is 4.70. The molecular weight excluding hydrogens is 174 g/mol. The molecule has 0 aliphatic heterocycles. The average molecular weight is 180 g/mol. The second kappa shape index (κ2) is 4.20. The fourth-order valence-electron chi connectivity index (χ4n) is 0.738. The molecule has 0 saturated heterocycles. The summed E-state index contributed by atoms with van der Waals surface area (Å²) in [5.41, 5.74) is 0. The van der Waals surface area contributed by atoms with Gasteiger partial charge in [0.1, 0.15) is 5.75 Å².